The Kier molecular flexibility index (Phi) is 5.69. The first-order valence-corrected chi connectivity index (χ1v) is 8.07. The van der Waals surface area contributed by atoms with Crippen LogP contribution in [0.25, 0.3) is 0 Å². The van der Waals surface area contributed by atoms with Crippen molar-refractivity contribution in [2.24, 2.45) is 0 Å². The summed E-state index contributed by atoms with van der Waals surface area (Å²) in [6.07, 6.45) is 0. The molecule has 106 valence electrons. The quantitative estimate of drug-likeness (QED) is 0.746. The zero-order valence-corrected chi connectivity index (χ0v) is 13.3. The Balaban J connectivity index is 1.93. The monoisotopic (exact) mass is 285 g/mol. The Morgan fingerprint density at radius 2 is 1.55 bits per heavy atom. The normalized spacial score (nSPS) is 12.6. The van der Waals surface area contributed by atoms with Crippen LogP contribution >= 0.6 is 11.8 Å². The zero-order chi connectivity index (χ0) is 14.4. The fourth-order valence-corrected chi connectivity index (χ4v) is 3.00. The van der Waals surface area contributed by atoms with Gasteiger partial charge in [0.05, 0.1) is 0 Å². The maximum Gasteiger partial charge on any atom is 0.0316 e. The lowest BCUT2D eigenvalue weighted by atomic mass is 10.2. The Labute approximate surface area is 126 Å². The number of hydrogen-bond donors (Lipinski definition) is 1. The van der Waals surface area contributed by atoms with Gasteiger partial charge in [-0.15, -0.1) is 11.8 Å². The van der Waals surface area contributed by atoms with Crippen molar-refractivity contribution in [1.82, 2.24) is 5.32 Å². The summed E-state index contributed by atoms with van der Waals surface area (Å²) in [4.78, 5) is 1.33. The topological polar surface area (TPSA) is 12.0 Å². The highest BCUT2D eigenvalue weighted by atomic mass is 32.2. The van der Waals surface area contributed by atoms with Gasteiger partial charge in [0.15, 0.2) is 0 Å². The third kappa shape index (κ3) is 4.69. The van der Waals surface area contributed by atoms with Crippen LogP contribution in [0.15, 0.2) is 59.5 Å². The molecule has 0 spiro atoms. The molecule has 2 aromatic rings. The lowest BCUT2D eigenvalue weighted by Crippen LogP contribution is -2.21. The molecule has 0 heterocycles. The van der Waals surface area contributed by atoms with E-state index in [2.05, 4.69) is 80.7 Å². The Bertz CT molecular complexity index is 505. The van der Waals surface area contributed by atoms with Crippen molar-refractivity contribution in [1.29, 1.82) is 0 Å². The number of nitrogens with one attached hydrogen (secondary N) is 1. The highest BCUT2D eigenvalue weighted by Crippen LogP contribution is 2.34. The van der Waals surface area contributed by atoms with E-state index in [9.17, 15) is 0 Å². The first-order chi connectivity index (χ1) is 9.65. The summed E-state index contributed by atoms with van der Waals surface area (Å²) in [5.74, 6) is 0. The molecule has 0 amide bonds. The van der Waals surface area contributed by atoms with Crippen LogP contribution in [0, 0.1) is 0 Å². The smallest absolute Gasteiger partial charge is 0.0316 e. The lowest BCUT2D eigenvalue weighted by Gasteiger charge is -2.12. The highest BCUT2D eigenvalue weighted by molar-refractivity contribution is 7.99. The van der Waals surface area contributed by atoms with Gasteiger partial charge in [-0.05, 0) is 30.2 Å². The number of hydrogen-bond acceptors (Lipinski definition) is 2. The predicted molar refractivity (Wildman–Crippen MR) is 89.1 cm³/mol. The van der Waals surface area contributed by atoms with Gasteiger partial charge in [0, 0.05) is 22.7 Å². The number of thioether (sulfide) groups is 1. The summed E-state index contributed by atoms with van der Waals surface area (Å²) in [5, 5.41) is 3.92. The van der Waals surface area contributed by atoms with E-state index in [1.807, 2.05) is 11.8 Å². The summed E-state index contributed by atoms with van der Waals surface area (Å²) in [5.41, 5.74) is 2.72. The maximum atomic E-state index is 3.44. The molecule has 1 unspecified atom stereocenters. The van der Waals surface area contributed by atoms with Crippen LogP contribution in [-0.4, -0.2) is 6.04 Å². The molecular weight excluding hydrogens is 262 g/mol. The molecule has 0 saturated heterocycles. The van der Waals surface area contributed by atoms with Gasteiger partial charge in [-0.25, -0.2) is 0 Å². The first-order valence-electron chi connectivity index (χ1n) is 7.19. The van der Waals surface area contributed by atoms with Crippen molar-refractivity contribution in [2.75, 3.05) is 0 Å². The van der Waals surface area contributed by atoms with E-state index in [0.717, 1.165) is 6.54 Å². The van der Waals surface area contributed by atoms with E-state index in [4.69, 9.17) is 0 Å². The molecule has 0 fully saturated rings. The van der Waals surface area contributed by atoms with E-state index < -0.39 is 0 Å². The summed E-state index contributed by atoms with van der Waals surface area (Å²) in [7, 11) is 0. The van der Waals surface area contributed by atoms with Gasteiger partial charge in [-0.3, -0.25) is 0 Å². The van der Waals surface area contributed by atoms with Gasteiger partial charge in [-0.2, -0.15) is 0 Å². The predicted octanol–water partition coefficient (Wildman–Crippen LogP) is 5.04. The Morgan fingerprint density at radius 1 is 0.900 bits per heavy atom. The van der Waals surface area contributed by atoms with E-state index in [0.29, 0.717) is 11.3 Å². The van der Waals surface area contributed by atoms with E-state index in [1.165, 1.54) is 16.0 Å². The molecule has 2 rings (SSSR count). The summed E-state index contributed by atoms with van der Waals surface area (Å²) in [6, 6.07) is 20.1. The van der Waals surface area contributed by atoms with Crippen molar-refractivity contribution in [3.05, 3.63) is 65.7 Å². The highest BCUT2D eigenvalue weighted by Gasteiger charge is 2.06. The molecule has 0 saturated carbocycles. The minimum absolute atomic E-state index is 0.482. The minimum Gasteiger partial charge on any atom is -0.310 e. The molecule has 0 radical (unpaired) electrons. The van der Waals surface area contributed by atoms with Crippen LogP contribution in [0.2, 0.25) is 0 Å². The van der Waals surface area contributed by atoms with E-state index >= 15 is 0 Å². The third-order valence-corrected chi connectivity index (χ3v) is 4.39. The van der Waals surface area contributed by atoms with Gasteiger partial charge in [0.1, 0.15) is 0 Å². The second kappa shape index (κ2) is 7.51. The van der Waals surface area contributed by atoms with Crippen LogP contribution < -0.4 is 5.32 Å². The molecule has 0 aliphatic rings. The van der Waals surface area contributed by atoms with Crippen LogP contribution in [0.1, 0.15) is 37.1 Å². The maximum absolute atomic E-state index is 3.44. The first kappa shape index (κ1) is 15.1. The van der Waals surface area contributed by atoms with E-state index in [1.54, 1.807) is 0 Å². The molecule has 2 aromatic carbocycles. The van der Waals surface area contributed by atoms with Gasteiger partial charge < -0.3 is 5.32 Å². The van der Waals surface area contributed by atoms with Crippen LogP contribution in [-0.2, 0) is 6.54 Å². The van der Waals surface area contributed by atoms with Crippen molar-refractivity contribution in [3.63, 3.8) is 0 Å². The molecule has 2 heteroatoms. The average Bonchev–Trinajstić information content (AvgIpc) is 2.47. The third-order valence-electron chi connectivity index (χ3n) is 3.22. The molecule has 0 aromatic heterocycles. The van der Waals surface area contributed by atoms with Crippen molar-refractivity contribution in [3.8, 4) is 0 Å². The molecule has 0 aliphatic carbocycles. The molecule has 1 atom stereocenters. The second-order valence-electron chi connectivity index (χ2n) is 5.35. The second-order valence-corrected chi connectivity index (χ2v) is 6.76. The summed E-state index contributed by atoms with van der Waals surface area (Å²) < 4.78 is 0. The molecule has 20 heavy (non-hydrogen) atoms. The molecule has 0 aliphatic heterocycles. The average molecular weight is 285 g/mol. The fourth-order valence-electron chi connectivity index (χ4n) is 2.00. The van der Waals surface area contributed by atoms with Crippen LogP contribution in [0.3, 0.4) is 0 Å². The van der Waals surface area contributed by atoms with Crippen molar-refractivity contribution >= 4 is 11.8 Å². The van der Waals surface area contributed by atoms with Gasteiger partial charge in [-0.1, -0.05) is 56.3 Å². The zero-order valence-electron chi connectivity index (χ0n) is 12.5. The van der Waals surface area contributed by atoms with Crippen molar-refractivity contribution < 1.29 is 0 Å². The summed E-state index contributed by atoms with van der Waals surface area (Å²) in [6.45, 7) is 7.54. The standard InChI is InChI=1S/C18H23NS/c1-14(2)19-13-16-9-11-18(12-10-16)20-15(3)17-7-5-4-6-8-17/h4-12,14-15,19H,13H2,1-3H3. The van der Waals surface area contributed by atoms with Crippen molar-refractivity contribution in [2.45, 2.75) is 43.5 Å². The Morgan fingerprint density at radius 3 is 2.15 bits per heavy atom. The van der Waals surface area contributed by atoms with Gasteiger partial charge in [0.2, 0.25) is 0 Å². The van der Waals surface area contributed by atoms with Crippen LogP contribution in [0.5, 0.6) is 0 Å². The number of rotatable bonds is 6. The molecule has 1 nitrogen and oxygen atoms in total. The fraction of sp³-hybridized carbons (Fsp3) is 0.333. The minimum atomic E-state index is 0.482. The largest absolute Gasteiger partial charge is 0.310 e. The molecule has 1 N–H and O–H groups in total. The van der Waals surface area contributed by atoms with Gasteiger partial charge >= 0.3 is 0 Å². The SMILES string of the molecule is CC(C)NCc1ccc(SC(C)c2ccccc2)cc1. The Hall–Kier alpha value is -1.25. The molecular formula is C18H23NS. The van der Waals surface area contributed by atoms with Crippen LogP contribution in [0.4, 0.5) is 0 Å². The number of benzene rings is 2. The molecule has 0 bridgehead atoms. The van der Waals surface area contributed by atoms with Gasteiger partial charge in [0.25, 0.3) is 0 Å². The lowest BCUT2D eigenvalue weighted by molar-refractivity contribution is 0.588. The summed E-state index contributed by atoms with van der Waals surface area (Å²) >= 11 is 1.91. The van der Waals surface area contributed by atoms with E-state index in [-0.39, 0.29) is 0 Å².